The number of aromatic nitrogens is 1. The molecule has 1 aromatic heterocycles. The second-order valence-corrected chi connectivity index (χ2v) is 10.3. The van der Waals surface area contributed by atoms with Crippen molar-refractivity contribution in [1.29, 1.82) is 0 Å². The van der Waals surface area contributed by atoms with E-state index >= 15 is 0 Å². The smallest absolute Gasteiger partial charge is 0.253 e. The van der Waals surface area contributed by atoms with E-state index in [9.17, 15) is 4.79 Å². The van der Waals surface area contributed by atoms with Crippen LogP contribution in [0.5, 0.6) is 5.75 Å². The lowest BCUT2D eigenvalue weighted by Gasteiger charge is -2.36. The van der Waals surface area contributed by atoms with Crippen molar-refractivity contribution in [3.63, 3.8) is 0 Å². The topological polar surface area (TPSA) is 71.7 Å². The zero-order chi connectivity index (χ0) is 25.1. The molecule has 2 aliphatic heterocycles. The normalized spacial score (nSPS) is 16.9. The number of anilines is 1. The number of hydrogen-bond acceptors (Lipinski definition) is 5. The third-order valence-electron chi connectivity index (χ3n) is 7.15. The molecule has 2 aromatic carbocycles. The van der Waals surface area contributed by atoms with Gasteiger partial charge in [0.25, 0.3) is 5.91 Å². The summed E-state index contributed by atoms with van der Waals surface area (Å²) in [6.45, 7) is 4.28. The van der Waals surface area contributed by atoms with E-state index in [1.165, 1.54) is 25.9 Å². The Balaban J connectivity index is 1.23. The van der Waals surface area contributed by atoms with Crippen LogP contribution in [-0.2, 0) is 6.61 Å². The zero-order valence-corrected chi connectivity index (χ0v) is 21.6. The molecule has 6 nitrogen and oxygen atoms in total. The first-order chi connectivity index (χ1) is 17.5. The number of benzene rings is 2. The van der Waals surface area contributed by atoms with E-state index < -0.39 is 0 Å². The van der Waals surface area contributed by atoms with Gasteiger partial charge in [-0.05, 0) is 80.7 Å². The van der Waals surface area contributed by atoms with Crippen LogP contribution in [0.25, 0.3) is 11.1 Å². The highest BCUT2D eigenvalue weighted by Crippen LogP contribution is 2.30. The molecule has 36 heavy (non-hydrogen) atoms. The number of pyridine rings is 1. The maximum Gasteiger partial charge on any atom is 0.253 e. The van der Waals surface area contributed by atoms with Crippen molar-refractivity contribution in [3.05, 3.63) is 75.9 Å². The van der Waals surface area contributed by atoms with Gasteiger partial charge in [-0.25, -0.2) is 4.98 Å². The van der Waals surface area contributed by atoms with E-state index in [0.29, 0.717) is 33.2 Å². The molecule has 188 valence electrons. The average Bonchev–Trinajstić information content (AvgIpc) is 3.45. The maximum atomic E-state index is 13.1. The molecule has 1 amide bonds. The molecule has 2 N–H and O–H groups in total. The van der Waals surface area contributed by atoms with Crippen LogP contribution in [0.4, 0.5) is 5.82 Å². The molecule has 0 bridgehead atoms. The van der Waals surface area contributed by atoms with Gasteiger partial charge in [0.1, 0.15) is 6.61 Å². The summed E-state index contributed by atoms with van der Waals surface area (Å²) >= 11 is 12.3. The number of ether oxygens (including phenoxy) is 1. The first-order valence-corrected chi connectivity index (χ1v) is 13.2. The van der Waals surface area contributed by atoms with Crippen LogP contribution in [0.1, 0.15) is 41.6 Å². The highest BCUT2D eigenvalue weighted by molar-refractivity contribution is 6.33. The number of nitrogens with zero attached hydrogens (tertiary/aromatic N) is 3. The Bertz CT molecular complexity index is 1220. The number of rotatable bonds is 6. The fourth-order valence-electron chi connectivity index (χ4n) is 5.07. The Hall–Kier alpha value is -2.80. The molecule has 2 aliphatic rings. The van der Waals surface area contributed by atoms with Crippen molar-refractivity contribution < 1.29 is 9.53 Å². The number of hydrogen-bond donors (Lipinski definition) is 1. The Kier molecular flexibility index (Phi) is 7.65. The summed E-state index contributed by atoms with van der Waals surface area (Å²) in [5, 5.41) is 1.16. The third kappa shape index (κ3) is 5.61. The summed E-state index contributed by atoms with van der Waals surface area (Å²) < 4.78 is 5.91. The highest BCUT2D eigenvalue weighted by atomic mass is 35.5. The lowest BCUT2D eigenvalue weighted by molar-refractivity contribution is 0.0644. The summed E-state index contributed by atoms with van der Waals surface area (Å²) in [5.41, 5.74) is 9.29. The van der Waals surface area contributed by atoms with Crippen molar-refractivity contribution in [3.8, 4) is 16.9 Å². The Morgan fingerprint density at radius 1 is 0.972 bits per heavy atom. The monoisotopic (exact) mass is 524 g/mol. The lowest BCUT2D eigenvalue weighted by Crippen LogP contribution is -2.45. The molecule has 0 spiro atoms. The highest BCUT2D eigenvalue weighted by Gasteiger charge is 2.28. The largest absolute Gasteiger partial charge is 0.485 e. The Morgan fingerprint density at radius 2 is 1.69 bits per heavy atom. The molecule has 0 saturated carbocycles. The van der Waals surface area contributed by atoms with Crippen molar-refractivity contribution in [2.75, 3.05) is 31.9 Å². The fraction of sp³-hybridized carbons (Fsp3) is 0.357. The summed E-state index contributed by atoms with van der Waals surface area (Å²) in [6, 6.07) is 15.4. The predicted octanol–water partition coefficient (Wildman–Crippen LogP) is 5.92. The van der Waals surface area contributed by atoms with Crippen LogP contribution in [0.15, 0.2) is 54.7 Å². The number of likely N-dealkylation sites (tertiary alicyclic amines) is 2. The van der Waals surface area contributed by atoms with Crippen LogP contribution < -0.4 is 10.5 Å². The van der Waals surface area contributed by atoms with Gasteiger partial charge in [0.2, 0.25) is 0 Å². The molecule has 0 unspecified atom stereocenters. The van der Waals surface area contributed by atoms with Gasteiger partial charge in [0.05, 0.1) is 0 Å². The minimum absolute atomic E-state index is 0.0966. The molecule has 0 atom stereocenters. The molecule has 5 rings (SSSR count). The quantitative estimate of drug-likeness (QED) is 0.433. The molecular formula is C28H30Cl2N4O2. The number of piperidine rings is 1. The number of carbonyl (C=O) groups is 1. The molecule has 0 radical (unpaired) electrons. The van der Waals surface area contributed by atoms with Crippen molar-refractivity contribution in [2.24, 2.45) is 0 Å². The van der Waals surface area contributed by atoms with Crippen LogP contribution in [0, 0.1) is 0 Å². The maximum absolute atomic E-state index is 13.1. The second-order valence-electron chi connectivity index (χ2n) is 9.48. The summed E-state index contributed by atoms with van der Waals surface area (Å²) in [5.74, 6) is 0.852. The van der Waals surface area contributed by atoms with Crippen LogP contribution >= 0.6 is 23.2 Å². The number of nitrogen functional groups attached to an aromatic ring is 1. The molecule has 3 heterocycles. The number of carbonyl (C=O) groups excluding carboxylic acids is 1. The van der Waals surface area contributed by atoms with Gasteiger partial charge in [0, 0.05) is 52.1 Å². The number of amides is 1. The van der Waals surface area contributed by atoms with Gasteiger partial charge in [-0.15, -0.1) is 0 Å². The fourth-order valence-corrected chi connectivity index (χ4v) is 5.43. The molecule has 2 saturated heterocycles. The summed E-state index contributed by atoms with van der Waals surface area (Å²) in [6.07, 6.45) is 6.43. The Morgan fingerprint density at radius 3 is 2.42 bits per heavy atom. The van der Waals surface area contributed by atoms with Crippen LogP contribution in [0.2, 0.25) is 10.0 Å². The summed E-state index contributed by atoms with van der Waals surface area (Å²) in [4.78, 5) is 22.0. The zero-order valence-electron chi connectivity index (χ0n) is 20.1. The number of nitrogens with two attached hydrogens (primary N) is 1. The van der Waals surface area contributed by atoms with E-state index in [1.807, 2.05) is 35.2 Å². The van der Waals surface area contributed by atoms with E-state index in [2.05, 4.69) is 9.88 Å². The Labute approximate surface area is 222 Å². The minimum atomic E-state index is 0.0966. The predicted molar refractivity (Wildman–Crippen MR) is 145 cm³/mol. The first kappa shape index (κ1) is 24.9. The van der Waals surface area contributed by atoms with Gasteiger partial charge in [-0.1, -0.05) is 35.3 Å². The number of halogens is 2. The summed E-state index contributed by atoms with van der Waals surface area (Å²) in [7, 11) is 0. The lowest BCUT2D eigenvalue weighted by atomic mass is 10.0. The van der Waals surface area contributed by atoms with E-state index in [4.69, 9.17) is 33.7 Å². The van der Waals surface area contributed by atoms with Gasteiger partial charge in [-0.2, -0.15) is 0 Å². The van der Waals surface area contributed by atoms with E-state index in [0.717, 1.165) is 42.6 Å². The van der Waals surface area contributed by atoms with Crippen molar-refractivity contribution in [1.82, 2.24) is 14.8 Å². The van der Waals surface area contributed by atoms with Crippen molar-refractivity contribution >= 4 is 34.9 Å². The first-order valence-electron chi connectivity index (χ1n) is 12.4. The van der Waals surface area contributed by atoms with Gasteiger partial charge >= 0.3 is 0 Å². The van der Waals surface area contributed by atoms with Crippen LogP contribution in [0.3, 0.4) is 0 Å². The van der Waals surface area contributed by atoms with Gasteiger partial charge < -0.3 is 20.3 Å². The molecular weight excluding hydrogens is 495 g/mol. The van der Waals surface area contributed by atoms with E-state index in [1.54, 1.807) is 24.4 Å². The van der Waals surface area contributed by atoms with E-state index in [-0.39, 0.29) is 12.5 Å². The molecule has 3 aromatic rings. The van der Waals surface area contributed by atoms with Crippen molar-refractivity contribution in [2.45, 2.75) is 38.3 Å². The van der Waals surface area contributed by atoms with Gasteiger partial charge in [-0.3, -0.25) is 4.79 Å². The standard InChI is InChI=1S/C28H30Cl2N4O2/c29-23-7-8-25(30)22(15-23)18-36-26-16-21(17-32-27(26)31)19-3-5-20(6-4-19)28(35)34-13-9-24(10-14-34)33-11-1-2-12-33/h3-8,15-17,24H,1-2,9-14,18H2,(H2,31,32). The third-order valence-corrected chi connectivity index (χ3v) is 7.75. The molecule has 0 aliphatic carbocycles. The second kappa shape index (κ2) is 11.1. The SMILES string of the molecule is Nc1ncc(-c2ccc(C(=O)N3CCC(N4CCCC4)CC3)cc2)cc1OCc1cc(Cl)ccc1Cl. The minimum Gasteiger partial charge on any atom is -0.485 e. The van der Waals surface area contributed by atoms with Gasteiger partial charge in [0.15, 0.2) is 11.6 Å². The molecule has 8 heteroatoms. The molecule has 2 fully saturated rings. The van der Waals surface area contributed by atoms with Crippen LogP contribution in [-0.4, -0.2) is 52.9 Å². The average molecular weight is 525 g/mol.